The van der Waals surface area contributed by atoms with E-state index in [9.17, 15) is 14.4 Å². The van der Waals surface area contributed by atoms with Crippen LogP contribution >= 0.6 is 0 Å². The van der Waals surface area contributed by atoms with Gasteiger partial charge in [0.25, 0.3) is 5.78 Å². The third-order valence-corrected chi connectivity index (χ3v) is 2.76. The standard InChI is InChI=1S/C9H11N3O5/c1-3(5-4(2-13)8(15)11-5)7(14)6(12-10)9(16)17/h3-5,13H,2H2,1H3,(H,11,15)(H,16,17)/t3-,4-,5-/m1/s1. The lowest BCUT2D eigenvalue weighted by atomic mass is 9.79. The summed E-state index contributed by atoms with van der Waals surface area (Å²) in [6.45, 7) is 0.968. The predicted octanol–water partition coefficient (Wildman–Crippen LogP) is -1.95. The number of carboxylic acid groups (broad SMARTS) is 1. The summed E-state index contributed by atoms with van der Waals surface area (Å²) in [6, 6.07) is -0.643. The number of nitrogens with zero attached hydrogens (tertiary/aromatic N) is 2. The van der Waals surface area contributed by atoms with Crippen LogP contribution in [0.5, 0.6) is 0 Å². The molecule has 1 saturated heterocycles. The molecule has 1 fully saturated rings. The maximum atomic E-state index is 11.6. The van der Waals surface area contributed by atoms with Crippen LogP contribution in [-0.4, -0.2) is 51.0 Å². The number of carbonyl (C=O) groups excluding carboxylic acids is 2. The van der Waals surface area contributed by atoms with Gasteiger partial charge in [-0.05, 0) is 0 Å². The van der Waals surface area contributed by atoms with Gasteiger partial charge >= 0.3 is 11.7 Å². The first kappa shape index (κ1) is 13.0. The number of hydrogen-bond acceptors (Lipinski definition) is 4. The molecule has 0 spiro atoms. The number of β-lactam (4-membered cyclic amide) rings is 1. The van der Waals surface area contributed by atoms with E-state index in [-0.39, 0.29) is 0 Å². The number of rotatable bonds is 5. The summed E-state index contributed by atoms with van der Waals surface area (Å²) in [5.74, 6) is -4.55. The van der Waals surface area contributed by atoms with Crippen molar-refractivity contribution < 1.29 is 29.4 Å². The van der Waals surface area contributed by atoms with Crippen LogP contribution in [0.3, 0.4) is 0 Å². The van der Waals surface area contributed by atoms with Crippen LogP contribution in [0.25, 0.3) is 5.53 Å². The zero-order valence-electron chi connectivity index (χ0n) is 8.95. The topological polar surface area (TPSA) is 140 Å². The Morgan fingerprint density at radius 3 is 2.53 bits per heavy atom. The van der Waals surface area contributed by atoms with Gasteiger partial charge in [-0.3, -0.25) is 9.59 Å². The molecule has 0 aromatic carbocycles. The van der Waals surface area contributed by atoms with Crippen LogP contribution in [0.15, 0.2) is 0 Å². The monoisotopic (exact) mass is 241 g/mol. The summed E-state index contributed by atoms with van der Waals surface area (Å²) in [7, 11) is 0. The van der Waals surface area contributed by atoms with Crippen molar-refractivity contribution >= 4 is 23.4 Å². The fraction of sp³-hybridized carbons (Fsp3) is 0.556. The Bertz CT molecular complexity index is 426. The molecule has 0 radical (unpaired) electrons. The van der Waals surface area contributed by atoms with Gasteiger partial charge in [0.15, 0.2) is 0 Å². The lowest BCUT2D eigenvalue weighted by Crippen LogP contribution is -2.64. The van der Waals surface area contributed by atoms with Gasteiger partial charge in [-0.2, -0.15) is 4.79 Å². The number of nitrogens with one attached hydrogen (secondary N) is 1. The van der Waals surface area contributed by atoms with E-state index in [1.165, 1.54) is 6.92 Å². The third kappa shape index (κ3) is 2.22. The zero-order chi connectivity index (χ0) is 13.2. The molecule has 8 heteroatoms. The van der Waals surface area contributed by atoms with Crippen LogP contribution in [0.1, 0.15) is 6.92 Å². The number of aliphatic hydroxyl groups excluding tert-OH is 1. The Balaban J connectivity index is 2.81. The second-order valence-corrected chi connectivity index (χ2v) is 3.73. The highest BCUT2D eigenvalue weighted by Gasteiger charge is 2.47. The molecule has 3 atom stereocenters. The minimum atomic E-state index is -1.64. The van der Waals surface area contributed by atoms with E-state index in [2.05, 4.69) is 10.1 Å². The molecule has 17 heavy (non-hydrogen) atoms. The van der Waals surface area contributed by atoms with Gasteiger partial charge in [0.2, 0.25) is 5.91 Å². The van der Waals surface area contributed by atoms with Crippen molar-refractivity contribution in [2.24, 2.45) is 11.8 Å². The Hall–Kier alpha value is -2.05. The molecule has 1 heterocycles. The summed E-state index contributed by atoms with van der Waals surface area (Å²) in [5, 5.41) is 19.9. The number of carboxylic acids is 1. The van der Waals surface area contributed by atoms with Crippen molar-refractivity contribution in [2.45, 2.75) is 13.0 Å². The minimum Gasteiger partial charge on any atom is -0.472 e. The maximum Gasteiger partial charge on any atom is 0.441 e. The van der Waals surface area contributed by atoms with Crippen LogP contribution in [-0.2, 0) is 14.4 Å². The summed E-state index contributed by atoms with van der Waals surface area (Å²) >= 11 is 0. The van der Waals surface area contributed by atoms with Gasteiger partial charge in [0.05, 0.1) is 18.6 Å². The molecule has 8 nitrogen and oxygen atoms in total. The number of hydrogen-bond donors (Lipinski definition) is 3. The molecule has 0 unspecified atom stereocenters. The van der Waals surface area contributed by atoms with Gasteiger partial charge in [-0.25, -0.2) is 4.79 Å². The fourth-order valence-corrected chi connectivity index (χ4v) is 1.68. The summed E-state index contributed by atoms with van der Waals surface area (Å²) in [4.78, 5) is 35.6. The quantitative estimate of drug-likeness (QED) is 0.169. The van der Waals surface area contributed by atoms with Crippen molar-refractivity contribution in [3.05, 3.63) is 5.53 Å². The second-order valence-electron chi connectivity index (χ2n) is 3.73. The van der Waals surface area contributed by atoms with E-state index in [0.717, 1.165) is 0 Å². The first-order chi connectivity index (χ1) is 7.93. The number of carbonyl (C=O) groups is 3. The highest BCUT2D eigenvalue weighted by Crippen LogP contribution is 2.22. The molecule has 0 bridgehead atoms. The summed E-state index contributed by atoms with van der Waals surface area (Å²) in [5.41, 5.74) is 7.42. The number of Topliss-reactive ketones (excluding diaryl/α,β-unsaturated/α-hetero) is 1. The molecule has 0 saturated carbocycles. The molecule has 0 aliphatic carbocycles. The molecule has 92 valence electrons. The smallest absolute Gasteiger partial charge is 0.441 e. The van der Waals surface area contributed by atoms with E-state index in [4.69, 9.17) is 15.7 Å². The average molecular weight is 241 g/mol. The van der Waals surface area contributed by atoms with Crippen LogP contribution < -0.4 is 5.32 Å². The lowest BCUT2D eigenvalue weighted by Gasteiger charge is -2.38. The molecule has 3 N–H and O–H groups in total. The summed E-state index contributed by atoms with van der Waals surface area (Å²) in [6.07, 6.45) is 0. The zero-order valence-corrected chi connectivity index (χ0v) is 8.95. The largest absolute Gasteiger partial charge is 0.472 e. The minimum absolute atomic E-state index is 0.394. The van der Waals surface area contributed by atoms with Crippen molar-refractivity contribution in [3.8, 4) is 0 Å². The molecular weight excluding hydrogens is 230 g/mol. The highest BCUT2D eigenvalue weighted by molar-refractivity contribution is 6.62. The highest BCUT2D eigenvalue weighted by atomic mass is 16.4. The lowest BCUT2D eigenvalue weighted by molar-refractivity contribution is -0.142. The first-order valence-electron chi connectivity index (χ1n) is 4.84. The SMILES string of the molecule is C[C@@H](C(=O)C(=[N+]=[N-])C(=O)O)[C@H]1NC(=O)[C@@H]1CO. The van der Waals surface area contributed by atoms with Crippen LogP contribution in [0, 0.1) is 11.8 Å². The Labute approximate surface area is 95.9 Å². The fourth-order valence-electron chi connectivity index (χ4n) is 1.68. The van der Waals surface area contributed by atoms with Crippen molar-refractivity contribution in [3.63, 3.8) is 0 Å². The van der Waals surface area contributed by atoms with Gasteiger partial charge in [0.1, 0.15) is 0 Å². The normalized spacial score (nSPS) is 24.0. The first-order valence-corrected chi connectivity index (χ1v) is 4.84. The van der Waals surface area contributed by atoms with Gasteiger partial charge in [-0.15, -0.1) is 0 Å². The van der Waals surface area contributed by atoms with Gasteiger partial charge < -0.3 is 21.1 Å². The molecular formula is C9H11N3O5. The van der Waals surface area contributed by atoms with E-state index in [0.29, 0.717) is 0 Å². The van der Waals surface area contributed by atoms with Gasteiger partial charge in [-0.1, -0.05) is 6.92 Å². The van der Waals surface area contributed by atoms with E-state index >= 15 is 0 Å². The van der Waals surface area contributed by atoms with Gasteiger partial charge in [0, 0.05) is 5.92 Å². The average Bonchev–Trinajstić information content (AvgIpc) is 2.25. The number of amides is 1. The van der Waals surface area contributed by atoms with Crippen molar-refractivity contribution in [1.82, 2.24) is 5.32 Å². The second kappa shape index (κ2) is 4.86. The molecule has 0 aromatic heterocycles. The maximum absolute atomic E-state index is 11.6. The van der Waals surface area contributed by atoms with E-state index in [1.54, 1.807) is 0 Å². The molecule has 0 aromatic rings. The molecule has 1 aliphatic rings. The molecule has 1 aliphatic heterocycles. The van der Waals surface area contributed by atoms with Crippen LogP contribution in [0.2, 0.25) is 0 Å². The molecule has 1 rings (SSSR count). The van der Waals surface area contributed by atoms with E-state index < -0.39 is 47.9 Å². The Morgan fingerprint density at radius 1 is 1.59 bits per heavy atom. The number of aliphatic carboxylic acids is 1. The number of ketones is 1. The Kier molecular flexibility index (Phi) is 3.72. The van der Waals surface area contributed by atoms with E-state index in [1.807, 2.05) is 0 Å². The molecule has 1 amide bonds. The van der Waals surface area contributed by atoms with Crippen LogP contribution in [0.4, 0.5) is 0 Å². The number of aliphatic hydroxyl groups is 1. The summed E-state index contributed by atoms with van der Waals surface area (Å²) < 4.78 is 0. The van der Waals surface area contributed by atoms with Crippen molar-refractivity contribution in [1.29, 1.82) is 0 Å². The third-order valence-electron chi connectivity index (χ3n) is 2.76. The predicted molar refractivity (Wildman–Crippen MR) is 52.9 cm³/mol. The Morgan fingerprint density at radius 2 is 2.18 bits per heavy atom. The van der Waals surface area contributed by atoms with Crippen molar-refractivity contribution in [2.75, 3.05) is 6.61 Å².